The third-order valence-corrected chi connectivity index (χ3v) is 2.38. The van der Waals surface area contributed by atoms with Crippen LogP contribution in [0.1, 0.15) is 45.7 Å². The van der Waals surface area contributed by atoms with Crippen LogP contribution in [0.25, 0.3) is 5.57 Å². The summed E-state index contributed by atoms with van der Waals surface area (Å²) in [5.74, 6) is 0.0215. The van der Waals surface area contributed by atoms with Crippen LogP contribution in [0.15, 0.2) is 85.0 Å². The molecule has 0 aliphatic heterocycles. The van der Waals surface area contributed by atoms with Gasteiger partial charge in [-0.05, 0) is 71.0 Å². The number of benzene rings is 1. The van der Waals surface area contributed by atoms with E-state index in [1.165, 1.54) is 12.6 Å². The van der Waals surface area contributed by atoms with Crippen LogP contribution < -0.4 is 22.9 Å². The average molecular weight is 445 g/mol. The highest BCUT2D eigenvalue weighted by molar-refractivity contribution is 5.80. The van der Waals surface area contributed by atoms with E-state index in [2.05, 4.69) is 48.6 Å². The quantitative estimate of drug-likeness (QED) is 0.207. The molecule has 0 atom stereocenters. The third kappa shape index (κ3) is 31.5. The Balaban J connectivity index is -0.000000144. The van der Waals surface area contributed by atoms with E-state index in [1.807, 2.05) is 59.7 Å². The van der Waals surface area contributed by atoms with Gasteiger partial charge in [-0.3, -0.25) is 4.99 Å². The van der Waals surface area contributed by atoms with E-state index in [0.29, 0.717) is 0 Å². The van der Waals surface area contributed by atoms with Crippen LogP contribution in [-0.4, -0.2) is 25.8 Å². The minimum absolute atomic E-state index is 0.0215. The summed E-state index contributed by atoms with van der Waals surface area (Å²) >= 11 is 0. The Morgan fingerprint density at radius 1 is 1.06 bits per heavy atom. The van der Waals surface area contributed by atoms with E-state index in [-0.39, 0.29) is 5.96 Å². The molecule has 182 valence electrons. The number of hydrogen-bond acceptors (Lipinski definition) is 4. The standard InChI is InChI=1S/C14H18N4.C4H8.C3H6.C2H7N.C2H4.CH5N/c1-4-11(9-18-14(15)16)12-7-6-10(3)13(8-12)17-5-2;1-4(2)3;1-3-2;1-2-3;2*1-2/h4-9H,1H2,2-3H3,(H4,15,16,18);1H2,2-3H3;3H,1H2,2H3;2-3H2,1H3;1-2H2;2H2,1H3/b11-9+,17-5?;;;;;. The van der Waals surface area contributed by atoms with Gasteiger partial charge in [-0.15, -0.1) is 26.3 Å². The smallest absolute Gasteiger partial charge is 0.190 e. The SMILES string of the molecule is C=C.C=C(C)C.C=C/C(=C\N=C(N)N)c1ccc(C)c(N=CC)c1.C=CC.CCN.CN. The number of nitrogens with zero attached hydrogens (tertiary/aromatic N) is 2. The van der Waals surface area contributed by atoms with Crippen LogP contribution in [0, 0.1) is 6.92 Å². The lowest BCUT2D eigenvalue weighted by atomic mass is 10.0. The number of guanidine groups is 1. The Morgan fingerprint density at radius 2 is 1.47 bits per heavy atom. The number of aliphatic imine (C=N–C) groups is 2. The zero-order valence-electron chi connectivity index (χ0n) is 21.5. The highest BCUT2D eigenvalue weighted by Crippen LogP contribution is 2.24. The lowest BCUT2D eigenvalue weighted by Crippen LogP contribution is -2.21. The summed E-state index contributed by atoms with van der Waals surface area (Å²) in [6.07, 6.45) is 6.81. The Kier molecular flexibility index (Phi) is 39.8. The molecule has 0 bridgehead atoms. The highest BCUT2D eigenvalue weighted by Gasteiger charge is 2.01. The molecule has 0 spiro atoms. The van der Waals surface area contributed by atoms with Gasteiger partial charge in [0.25, 0.3) is 0 Å². The molecular formula is C26H48N6. The first-order valence-electron chi connectivity index (χ1n) is 10.1. The van der Waals surface area contributed by atoms with Gasteiger partial charge in [0.15, 0.2) is 5.96 Å². The fourth-order valence-electron chi connectivity index (χ4n) is 1.46. The molecule has 8 N–H and O–H groups in total. The fraction of sp³-hybridized carbons (Fsp3) is 0.308. The molecular weight excluding hydrogens is 396 g/mol. The van der Waals surface area contributed by atoms with Gasteiger partial charge in [-0.2, -0.15) is 0 Å². The number of hydrogen-bond donors (Lipinski definition) is 4. The zero-order valence-corrected chi connectivity index (χ0v) is 21.5. The van der Waals surface area contributed by atoms with Crippen LogP contribution in [0.2, 0.25) is 0 Å². The Morgan fingerprint density at radius 3 is 1.78 bits per heavy atom. The predicted molar refractivity (Wildman–Crippen MR) is 151 cm³/mol. The molecule has 1 aromatic carbocycles. The molecule has 0 aromatic heterocycles. The topological polar surface area (TPSA) is 129 Å². The number of aryl methyl sites for hydroxylation is 1. The molecule has 0 radical (unpaired) electrons. The van der Waals surface area contributed by atoms with E-state index in [1.54, 1.807) is 24.6 Å². The van der Waals surface area contributed by atoms with E-state index >= 15 is 0 Å². The van der Waals surface area contributed by atoms with E-state index in [4.69, 9.17) is 17.2 Å². The van der Waals surface area contributed by atoms with Gasteiger partial charge in [-0.1, -0.05) is 43.4 Å². The maximum Gasteiger partial charge on any atom is 0.190 e. The minimum atomic E-state index is 0.0215. The lowest BCUT2D eigenvalue weighted by molar-refractivity contribution is 1.14. The van der Waals surface area contributed by atoms with Crippen LogP contribution >= 0.6 is 0 Å². The highest BCUT2D eigenvalue weighted by atomic mass is 15.0. The first-order chi connectivity index (χ1) is 15.1. The Bertz CT molecular complexity index is 678. The normalized spacial score (nSPS) is 8.59. The van der Waals surface area contributed by atoms with Crippen molar-refractivity contribution in [3.8, 4) is 0 Å². The van der Waals surface area contributed by atoms with Gasteiger partial charge in [0, 0.05) is 12.4 Å². The van der Waals surface area contributed by atoms with Crippen molar-refractivity contribution in [2.45, 2.75) is 41.5 Å². The van der Waals surface area contributed by atoms with Crippen molar-refractivity contribution in [3.63, 3.8) is 0 Å². The van der Waals surface area contributed by atoms with Crippen molar-refractivity contribution >= 4 is 23.4 Å². The molecule has 0 aliphatic carbocycles. The summed E-state index contributed by atoms with van der Waals surface area (Å²) in [6, 6.07) is 5.97. The summed E-state index contributed by atoms with van der Waals surface area (Å²) in [5.41, 5.74) is 25.0. The zero-order chi connectivity index (χ0) is 26.5. The van der Waals surface area contributed by atoms with Gasteiger partial charge in [0.05, 0.1) is 5.69 Å². The summed E-state index contributed by atoms with van der Waals surface area (Å²) < 4.78 is 0. The predicted octanol–water partition coefficient (Wildman–Crippen LogP) is 5.63. The van der Waals surface area contributed by atoms with Crippen molar-refractivity contribution in [1.82, 2.24) is 0 Å². The largest absolute Gasteiger partial charge is 0.370 e. The summed E-state index contributed by atoms with van der Waals surface area (Å²) in [5, 5.41) is 0. The molecule has 0 aliphatic rings. The molecule has 0 heterocycles. The van der Waals surface area contributed by atoms with Crippen molar-refractivity contribution in [2.75, 3.05) is 13.6 Å². The van der Waals surface area contributed by atoms with Gasteiger partial charge >= 0.3 is 0 Å². The van der Waals surface area contributed by atoms with Crippen LogP contribution in [0.4, 0.5) is 5.69 Å². The lowest BCUT2D eigenvalue weighted by Gasteiger charge is -2.05. The molecule has 32 heavy (non-hydrogen) atoms. The molecule has 0 amide bonds. The number of nitrogens with two attached hydrogens (primary N) is 4. The molecule has 0 unspecified atom stereocenters. The Labute approximate surface area is 197 Å². The molecule has 1 rings (SSSR count). The van der Waals surface area contributed by atoms with Crippen LogP contribution in [0.3, 0.4) is 0 Å². The molecule has 6 heteroatoms. The summed E-state index contributed by atoms with van der Waals surface area (Å²) in [6.45, 7) is 29.1. The molecule has 1 aromatic rings. The summed E-state index contributed by atoms with van der Waals surface area (Å²) in [4.78, 5) is 8.18. The van der Waals surface area contributed by atoms with Gasteiger partial charge in [0.2, 0.25) is 0 Å². The second-order valence-electron chi connectivity index (χ2n) is 5.75. The molecule has 0 saturated carbocycles. The first kappa shape index (κ1) is 39.3. The summed E-state index contributed by atoms with van der Waals surface area (Å²) in [7, 11) is 1.50. The van der Waals surface area contributed by atoms with Crippen molar-refractivity contribution < 1.29 is 0 Å². The van der Waals surface area contributed by atoms with Crippen molar-refractivity contribution in [1.29, 1.82) is 0 Å². The molecule has 6 nitrogen and oxygen atoms in total. The van der Waals surface area contributed by atoms with Gasteiger partial charge in [-0.25, -0.2) is 4.99 Å². The van der Waals surface area contributed by atoms with Crippen LogP contribution in [-0.2, 0) is 0 Å². The number of allylic oxidation sites excluding steroid dienone is 4. The van der Waals surface area contributed by atoms with Gasteiger partial charge in [0.1, 0.15) is 0 Å². The molecule has 0 fully saturated rings. The van der Waals surface area contributed by atoms with E-state index in [9.17, 15) is 0 Å². The fourth-order valence-corrected chi connectivity index (χ4v) is 1.46. The maximum atomic E-state index is 5.30. The molecule has 0 saturated heterocycles. The number of rotatable bonds is 4. The van der Waals surface area contributed by atoms with E-state index < -0.39 is 0 Å². The van der Waals surface area contributed by atoms with Crippen molar-refractivity contribution in [2.24, 2.45) is 32.9 Å². The first-order valence-corrected chi connectivity index (χ1v) is 10.1. The Hall–Kier alpha value is -3.22. The van der Waals surface area contributed by atoms with Crippen LogP contribution in [0.5, 0.6) is 0 Å². The second kappa shape index (κ2) is 32.4. The van der Waals surface area contributed by atoms with E-state index in [0.717, 1.165) is 28.9 Å². The van der Waals surface area contributed by atoms with Gasteiger partial charge < -0.3 is 22.9 Å². The average Bonchev–Trinajstić information content (AvgIpc) is 2.74. The second-order valence-corrected chi connectivity index (χ2v) is 5.75. The monoisotopic (exact) mass is 444 g/mol. The minimum Gasteiger partial charge on any atom is -0.370 e. The third-order valence-electron chi connectivity index (χ3n) is 2.38. The maximum absolute atomic E-state index is 5.30. The van der Waals surface area contributed by atoms with Crippen molar-refractivity contribution in [3.05, 3.63) is 86.1 Å².